The number of hydrogen-bond acceptors (Lipinski definition) is 4. The Labute approximate surface area is 89.9 Å². The molecule has 1 aliphatic heterocycles. The molecule has 1 saturated heterocycles. The highest BCUT2D eigenvalue weighted by Crippen LogP contribution is 2.31. The van der Waals surface area contributed by atoms with E-state index in [0.29, 0.717) is 11.8 Å². The Kier molecular flexibility index (Phi) is 3.07. The molecule has 84 valence electrons. The van der Waals surface area contributed by atoms with Crippen LogP contribution in [0.25, 0.3) is 0 Å². The van der Waals surface area contributed by atoms with E-state index in [-0.39, 0.29) is 0 Å². The van der Waals surface area contributed by atoms with Gasteiger partial charge in [0.05, 0.1) is 12.2 Å². The molecule has 1 fully saturated rings. The first kappa shape index (κ1) is 10.6. The predicted molar refractivity (Wildman–Crippen MR) is 56.4 cm³/mol. The number of aromatic nitrogens is 1. The van der Waals surface area contributed by atoms with Crippen LogP contribution in [0.15, 0.2) is 10.6 Å². The van der Waals surface area contributed by atoms with Gasteiger partial charge in [0, 0.05) is 0 Å². The van der Waals surface area contributed by atoms with Crippen LogP contribution in [0.2, 0.25) is 0 Å². The van der Waals surface area contributed by atoms with Crippen LogP contribution in [0.3, 0.4) is 0 Å². The van der Waals surface area contributed by atoms with Gasteiger partial charge in [-0.25, -0.2) is 4.98 Å². The van der Waals surface area contributed by atoms with E-state index in [0.717, 1.165) is 25.4 Å². The van der Waals surface area contributed by atoms with Crippen molar-refractivity contribution >= 4 is 0 Å². The minimum atomic E-state index is -0.567. The number of aliphatic hydroxyl groups excluding tert-OH is 1. The molecule has 0 aliphatic carbocycles. The van der Waals surface area contributed by atoms with E-state index < -0.39 is 6.10 Å². The topological polar surface area (TPSA) is 49.5 Å². The van der Waals surface area contributed by atoms with Crippen molar-refractivity contribution < 1.29 is 9.52 Å². The average Bonchev–Trinajstić information content (AvgIpc) is 2.85. The zero-order chi connectivity index (χ0) is 10.8. The lowest BCUT2D eigenvalue weighted by molar-refractivity contribution is 0.158. The number of oxazole rings is 1. The van der Waals surface area contributed by atoms with E-state index >= 15 is 0 Å². The van der Waals surface area contributed by atoms with Crippen molar-refractivity contribution in [3.05, 3.63) is 17.8 Å². The molecule has 15 heavy (non-hydrogen) atoms. The molecule has 2 heterocycles. The molecule has 2 atom stereocenters. The smallest absolute Gasteiger partial charge is 0.211 e. The summed E-state index contributed by atoms with van der Waals surface area (Å²) in [5.74, 6) is 1.32. The van der Waals surface area contributed by atoms with E-state index in [1.54, 1.807) is 13.1 Å². The highest BCUT2D eigenvalue weighted by molar-refractivity contribution is 5.02. The second-order valence-electron chi connectivity index (χ2n) is 4.06. The molecule has 2 unspecified atom stereocenters. The second-order valence-corrected chi connectivity index (χ2v) is 4.06. The van der Waals surface area contributed by atoms with Gasteiger partial charge in [-0.05, 0) is 32.9 Å². The Balaban J connectivity index is 2.14. The third-order valence-corrected chi connectivity index (χ3v) is 3.01. The fourth-order valence-electron chi connectivity index (χ4n) is 2.13. The van der Waals surface area contributed by atoms with Crippen LogP contribution in [0.4, 0.5) is 0 Å². The first-order valence-electron chi connectivity index (χ1n) is 5.60. The summed E-state index contributed by atoms with van der Waals surface area (Å²) < 4.78 is 5.56. The van der Waals surface area contributed by atoms with E-state index in [9.17, 15) is 5.11 Å². The zero-order valence-electron chi connectivity index (χ0n) is 9.31. The van der Waals surface area contributed by atoms with Crippen LogP contribution in [-0.4, -0.2) is 28.1 Å². The Bertz CT molecular complexity index is 322. The SMILES string of the molecule is CCN1CCCC1c1ncc(C(C)O)o1. The summed E-state index contributed by atoms with van der Waals surface area (Å²) in [5.41, 5.74) is 0. The summed E-state index contributed by atoms with van der Waals surface area (Å²) in [5, 5.41) is 9.36. The fraction of sp³-hybridized carbons (Fsp3) is 0.727. The zero-order valence-corrected chi connectivity index (χ0v) is 9.31. The maximum atomic E-state index is 9.36. The van der Waals surface area contributed by atoms with Gasteiger partial charge in [-0.3, -0.25) is 4.90 Å². The summed E-state index contributed by atoms with van der Waals surface area (Å²) in [7, 11) is 0. The van der Waals surface area contributed by atoms with Crippen molar-refractivity contribution in [3.8, 4) is 0 Å². The molecule has 0 bridgehead atoms. The minimum absolute atomic E-state index is 0.308. The van der Waals surface area contributed by atoms with Gasteiger partial charge in [-0.15, -0.1) is 0 Å². The van der Waals surface area contributed by atoms with Gasteiger partial charge in [-0.2, -0.15) is 0 Å². The number of likely N-dealkylation sites (tertiary alicyclic amines) is 1. The Morgan fingerprint density at radius 3 is 3.13 bits per heavy atom. The molecule has 0 radical (unpaired) electrons. The van der Waals surface area contributed by atoms with Crippen LogP contribution < -0.4 is 0 Å². The first-order chi connectivity index (χ1) is 7.22. The van der Waals surface area contributed by atoms with Gasteiger partial charge >= 0.3 is 0 Å². The Morgan fingerprint density at radius 2 is 2.53 bits per heavy atom. The van der Waals surface area contributed by atoms with Gasteiger partial charge < -0.3 is 9.52 Å². The second kappa shape index (κ2) is 4.33. The maximum Gasteiger partial charge on any atom is 0.211 e. The van der Waals surface area contributed by atoms with E-state index in [4.69, 9.17) is 4.42 Å². The lowest BCUT2D eigenvalue weighted by atomic mass is 10.2. The summed E-state index contributed by atoms with van der Waals surface area (Å²) in [6.45, 7) is 5.98. The molecule has 0 aromatic carbocycles. The Morgan fingerprint density at radius 1 is 1.73 bits per heavy atom. The van der Waals surface area contributed by atoms with Crippen LogP contribution in [0.5, 0.6) is 0 Å². The number of nitrogens with zero attached hydrogens (tertiary/aromatic N) is 2. The third-order valence-electron chi connectivity index (χ3n) is 3.01. The van der Waals surface area contributed by atoms with Crippen LogP contribution in [-0.2, 0) is 0 Å². The molecule has 1 N–H and O–H groups in total. The van der Waals surface area contributed by atoms with E-state index in [2.05, 4.69) is 16.8 Å². The van der Waals surface area contributed by atoms with Gasteiger partial charge in [-0.1, -0.05) is 6.92 Å². The predicted octanol–water partition coefficient (Wildman–Crippen LogP) is 1.88. The molecule has 1 aromatic rings. The van der Waals surface area contributed by atoms with E-state index in [1.807, 2.05) is 0 Å². The summed E-state index contributed by atoms with van der Waals surface area (Å²) in [4.78, 5) is 6.61. The summed E-state index contributed by atoms with van der Waals surface area (Å²) in [6, 6.07) is 0.308. The quantitative estimate of drug-likeness (QED) is 0.827. The molecule has 0 saturated carbocycles. The van der Waals surface area contributed by atoms with Crippen molar-refractivity contribution in [3.63, 3.8) is 0 Å². The molecule has 4 heteroatoms. The van der Waals surface area contributed by atoms with Gasteiger partial charge in [0.2, 0.25) is 5.89 Å². The highest BCUT2D eigenvalue weighted by atomic mass is 16.4. The van der Waals surface area contributed by atoms with Gasteiger partial charge in [0.25, 0.3) is 0 Å². The van der Waals surface area contributed by atoms with E-state index in [1.165, 1.54) is 6.42 Å². The van der Waals surface area contributed by atoms with Crippen molar-refractivity contribution in [1.82, 2.24) is 9.88 Å². The van der Waals surface area contributed by atoms with Gasteiger partial charge in [0.15, 0.2) is 5.76 Å². The lowest BCUT2D eigenvalue weighted by Gasteiger charge is -2.19. The third kappa shape index (κ3) is 2.06. The van der Waals surface area contributed by atoms with Crippen LogP contribution in [0, 0.1) is 0 Å². The Hall–Kier alpha value is -0.870. The first-order valence-corrected chi connectivity index (χ1v) is 5.60. The molecule has 4 nitrogen and oxygen atoms in total. The van der Waals surface area contributed by atoms with Crippen LogP contribution in [0.1, 0.15) is 50.5 Å². The highest BCUT2D eigenvalue weighted by Gasteiger charge is 2.28. The molecular formula is C11H18N2O2. The summed E-state index contributed by atoms with van der Waals surface area (Å²) >= 11 is 0. The average molecular weight is 210 g/mol. The minimum Gasteiger partial charge on any atom is -0.441 e. The monoisotopic (exact) mass is 210 g/mol. The standard InChI is InChI=1S/C11H18N2O2/c1-3-13-6-4-5-9(13)11-12-7-10(15-11)8(2)14/h7-9,14H,3-6H2,1-2H3. The maximum absolute atomic E-state index is 9.36. The van der Waals surface area contributed by atoms with Gasteiger partial charge in [0.1, 0.15) is 6.10 Å². The number of hydrogen-bond donors (Lipinski definition) is 1. The molecule has 0 amide bonds. The lowest BCUT2D eigenvalue weighted by Crippen LogP contribution is -2.22. The largest absolute Gasteiger partial charge is 0.441 e. The number of aliphatic hydroxyl groups is 1. The molecule has 2 rings (SSSR count). The molecule has 0 spiro atoms. The van der Waals surface area contributed by atoms with Crippen molar-refractivity contribution in [2.24, 2.45) is 0 Å². The fourth-order valence-corrected chi connectivity index (χ4v) is 2.13. The van der Waals surface area contributed by atoms with Crippen LogP contribution >= 0.6 is 0 Å². The molecule has 1 aromatic heterocycles. The van der Waals surface area contributed by atoms with Crippen molar-refractivity contribution in [2.75, 3.05) is 13.1 Å². The molecular weight excluding hydrogens is 192 g/mol. The molecule has 1 aliphatic rings. The normalized spacial score (nSPS) is 24.6. The number of rotatable bonds is 3. The summed E-state index contributed by atoms with van der Waals surface area (Å²) in [6.07, 6.45) is 3.37. The van der Waals surface area contributed by atoms with Crippen molar-refractivity contribution in [2.45, 2.75) is 38.8 Å². The van der Waals surface area contributed by atoms with Crippen molar-refractivity contribution in [1.29, 1.82) is 0 Å².